The van der Waals surface area contributed by atoms with Crippen molar-refractivity contribution in [3.05, 3.63) is 0 Å². The Morgan fingerprint density at radius 3 is 2.18 bits per heavy atom. The molecule has 0 aliphatic carbocycles. The van der Waals surface area contributed by atoms with E-state index in [0.29, 0.717) is 0 Å². The largest absolute Gasteiger partial charge is 0.350 e. The summed E-state index contributed by atoms with van der Waals surface area (Å²) in [5.74, 6) is 0.196. The number of hydrogen-bond acceptors (Lipinski definition) is 1. The quantitative estimate of drug-likeness (QED) is 0.613. The van der Waals surface area contributed by atoms with Crippen molar-refractivity contribution < 1.29 is 4.79 Å². The third kappa shape index (κ3) is 1.39. The maximum Gasteiger partial charge on any atom is 0.226 e. The number of rotatable bonds is 1. The van der Waals surface area contributed by atoms with Crippen LogP contribution >= 0.6 is 0 Å². The Kier molecular flexibility index (Phi) is 1.73. The monoisotopic (exact) mass is 155 g/mol. The molecule has 1 atom stereocenters. The highest BCUT2D eigenvalue weighted by Crippen LogP contribution is 2.36. The molecule has 1 amide bonds. The first kappa shape index (κ1) is 8.57. The molecule has 0 aromatic heterocycles. The van der Waals surface area contributed by atoms with Crippen LogP contribution in [0.2, 0.25) is 0 Å². The van der Waals surface area contributed by atoms with Gasteiger partial charge in [0.15, 0.2) is 0 Å². The molecule has 1 N–H and O–H groups in total. The Hall–Kier alpha value is -0.530. The molecule has 1 aliphatic rings. The molecule has 0 aromatic carbocycles. The standard InChI is InChI=1S/C9H17NO/c1-5-9(4)6-8(2,3)7(11)10-9/h5-6H2,1-4H3,(H,10,11). The van der Waals surface area contributed by atoms with E-state index in [1.807, 2.05) is 13.8 Å². The van der Waals surface area contributed by atoms with Gasteiger partial charge in [-0.15, -0.1) is 0 Å². The van der Waals surface area contributed by atoms with Crippen LogP contribution in [0.3, 0.4) is 0 Å². The smallest absolute Gasteiger partial charge is 0.226 e. The van der Waals surface area contributed by atoms with Crippen molar-refractivity contribution in [1.82, 2.24) is 5.32 Å². The maximum atomic E-state index is 11.4. The first-order valence-electron chi connectivity index (χ1n) is 4.22. The third-order valence-corrected chi connectivity index (χ3v) is 2.64. The lowest BCUT2D eigenvalue weighted by atomic mass is 9.83. The Morgan fingerprint density at radius 1 is 1.45 bits per heavy atom. The van der Waals surface area contributed by atoms with Gasteiger partial charge >= 0.3 is 0 Å². The summed E-state index contributed by atoms with van der Waals surface area (Å²) < 4.78 is 0. The van der Waals surface area contributed by atoms with Gasteiger partial charge < -0.3 is 5.32 Å². The zero-order valence-electron chi connectivity index (χ0n) is 7.82. The zero-order chi connectivity index (χ0) is 8.70. The molecule has 11 heavy (non-hydrogen) atoms. The van der Waals surface area contributed by atoms with Crippen LogP contribution in [0, 0.1) is 5.41 Å². The van der Waals surface area contributed by atoms with Gasteiger partial charge in [-0.2, -0.15) is 0 Å². The minimum atomic E-state index is -0.162. The van der Waals surface area contributed by atoms with E-state index in [1.54, 1.807) is 0 Å². The maximum absolute atomic E-state index is 11.4. The van der Waals surface area contributed by atoms with E-state index >= 15 is 0 Å². The number of hydrogen-bond donors (Lipinski definition) is 1. The summed E-state index contributed by atoms with van der Waals surface area (Å²) in [7, 11) is 0. The van der Waals surface area contributed by atoms with E-state index in [2.05, 4.69) is 19.2 Å². The number of carbonyl (C=O) groups is 1. The fourth-order valence-corrected chi connectivity index (χ4v) is 1.76. The average molecular weight is 155 g/mol. The summed E-state index contributed by atoms with van der Waals surface area (Å²) in [6.07, 6.45) is 1.97. The van der Waals surface area contributed by atoms with Crippen LogP contribution in [0.15, 0.2) is 0 Å². The Bertz CT molecular complexity index is 186. The highest BCUT2D eigenvalue weighted by molar-refractivity contribution is 5.85. The van der Waals surface area contributed by atoms with E-state index in [9.17, 15) is 4.79 Å². The molecule has 1 saturated heterocycles. The molecule has 0 aromatic rings. The summed E-state index contributed by atoms with van der Waals surface area (Å²) in [4.78, 5) is 11.4. The second-order valence-corrected chi connectivity index (χ2v) is 4.43. The molecule has 64 valence electrons. The predicted molar refractivity (Wildman–Crippen MR) is 45.2 cm³/mol. The van der Waals surface area contributed by atoms with Gasteiger partial charge in [0.1, 0.15) is 0 Å². The van der Waals surface area contributed by atoms with Crippen molar-refractivity contribution in [2.75, 3.05) is 0 Å². The number of nitrogens with one attached hydrogen (secondary N) is 1. The molecule has 2 nitrogen and oxygen atoms in total. The fourth-order valence-electron chi connectivity index (χ4n) is 1.76. The molecule has 1 unspecified atom stereocenters. The molecule has 0 bridgehead atoms. The van der Waals surface area contributed by atoms with Crippen LogP contribution in [-0.4, -0.2) is 11.4 Å². The molecule has 0 spiro atoms. The van der Waals surface area contributed by atoms with E-state index < -0.39 is 0 Å². The second-order valence-electron chi connectivity index (χ2n) is 4.43. The van der Waals surface area contributed by atoms with Crippen molar-refractivity contribution in [3.63, 3.8) is 0 Å². The van der Waals surface area contributed by atoms with Gasteiger partial charge in [0.25, 0.3) is 0 Å². The highest BCUT2D eigenvalue weighted by Gasteiger charge is 2.44. The van der Waals surface area contributed by atoms with E-state index in [1.165, 1.54) is 0 Å². The van der Waals surface area contributed by atoms with Gasteiger partial charge in [-0.05, 0) is 19.8 Å². The lowest BCUT2D eigenvalue weighted by Gasteiger charge is -2.22. The Morgan fingerprint density at radius 2 is 2.00 bits per heavy atom. The minimum absolute atomic E-state index is 0.0422. The van der Waals surface area contributed by atoms with Crippen molar-refractivity contribution >= 4 is 5.91 Å². The van der Waals surface area contributed by atoms with Gasteiger partial charge in [-0.25, -0.2) is 0 Å². The minimum Gasteiger partial charge on any atom is -0.350 e. The molecular formula is C9H17NO. The van der Waals surface area contributed by atoms with Crippen molar-refractivity contribution in [2.45, 2.75) is 46.1 Å². The van der Waals surface area contributed by atoms with Crippen LogP contribution in [0.4, 0.5) is 0 Å². The van der Waals surface area contributed by atoms with Gasteiger partial charge in [0.2, 0.25) is 5.91 Å². The van der Waals surface area contributed by atoms with Crippen LogP contribution in [0.25, 0.3) is 0 Å². The Labute approximate surface area is 68.4 Å². The van der Waals surface area contributed by atoms with Gasteiger partial charge in [-0.3, -0.25) is 4.79 Å². The molecule has 1 heterocycles. The average Bonchev–Trinajstić information content (AvgIpc) is 2.04. The van der Waals surface area contributed by atoms with Crippen molar-refractivity contribution in [2.24, 2.45) is 5.41 Å². The zero-order valence-corrected chi connectivity index (χ0v) is 7.82. The lowest BCUT2D eigenvalue weighted by molar-refractivity contribution is -0.126. The summed E-state index contributed by atoms with van der Waals surface area (Å²) in [6, 6.07) is 0. The number of carbonyl (C=O) groups excluding carboxylic acids is 1. The SMILES string of the molecule is CCC1(C)CC(C)(C)C(=O)N1. The Balaban J connectivity index is 2.79. The molecule has 0 radical (unpaired) electrons. The van der Waals surface area contributed by atoms with E-state index in [-0.39, 0.29) is 16.9 Å². The lowest BCUT2D eigenvalue weighted by Crippen LogP contribution is -2.37. The van der Waals surface area contributed by atoms with Crippen molar-refractivity contribution in [3.8, 4) is 0 Å². The topological polar surface area (TPSA) is 29.1 Å². The predicted octanol–water partition coefficient (Wildman–Crippen LogP) is 1.70. The first-order valence-corrected chi connectivity index (χ1v) is 4.22. The van der Waals surface area contributed by atoms with E-state index in [0.717, 1.165) is 12.8 Å². The van der Waals surface area contributed by atoms with Crippen LogP contribution in [0.1, 0.15) is 40.5 Å². The van der Waals surface area contributed by atoms with Crippen LogP contribution in [-0.2, 0) is 4.79 Å². The molecule has 2 heteroatoms. The normalized spacial score (nSPS) is 35.5. The first-order chi connectivity index (χ1) is 4.90. The fraction of sp³-hybridized carbons (Fsp3) is 0.889. The summed E-state index contributed by atoms with van der Waals surface area (Å²) >= 11 is 0. The third-order valence-electron chi connectivity index (χ3n) is 2.64. The van der Waals surface area contributed by atoms with Crippen molar-refractivity contribution in [1.29, 1.82) is 0 Å². The molecule has 1 rings (SSSR count). The number of amides is 1. The molecule has 1 aliphatic heterocycles. The second kappa shape index (κ2) is 2.23. The van der Waals surface area contributed by atoms with E-state index in [4.69, 9.17) is 0 Å². The van der Waals surface area contributed by atoms with Crippen LogP contribution < -0.4 is 5.32 Å². The highest BCUT2D eigenvalue weighted by atomic mass is 16.2. The van der Waals surface area contributed by atoms with Gasteiger partial charge in [-0.1, -0.05) is 20.8 Å². The summed E-state index contributed by atoms with van der Waals surface area (Å²) in [5.41, 5.74) is -0.120. The van der Waals surface area contributed by atoms with Crippen LogP contribution in [0.5, 0.6) is 0 Å². The summed E-state index contributed by atoms with van der Waals surface area (Å²) in [6.45, 7) is 8.23. The van der Waals surface area contributed by atoms with Gasteiger partial charge in [0.05, 0.1) is 0 Å². The molecule has 0 saturated carbocycles. The summed E-state index contributed by atoms with van der Waals surface area (Å²) in [5, 5.41) is 3.03. The molecular weight excluding hydrogens is 138 g/mol. The molecule has 1 fully saturated rings. The van der Waals surface area contributed by atoms with Gasteiger partial charge in [0, 0.05) is 11.0 Å².